The minimum atomic E-state index is -0.923. The molecular weight excluding hydrogens is 436 g/mol. The molecule has 0 radical (unpaired) electrons. The van der Waals surface area contributed by atoms with Crippen LogP contribution >= 0.6 is 0 Å². The molecule has 34 heavy (non-hydrogen) atoms. The van der Waals surface area contributed by atoms with Gasteiger partial charge >= 0.3 is 12.1 Å². The topological polar surface area (TPSA) is 123 Å². The highest BCUT2D eigenvalue weighted by Crippen LogP contribution is 2.44. The Morgan fingerprint density at radius 1 is 1.09 bits per heavy atom. The quantitative estimate of drug-likeness (QED) is 0.470. The second kappa shape index (κ2) is 9.78. The van der Waals surface area contributed by atoms with E-state index in [1.54, 1.807) is 14.0 Å². The molecule has 1 aliphatic rings. The number of hydrogen-bond acceptors (Lipinski definition) is 5. The highest BCUT2D eigenvalue weighted by Gasteiger charge is 2.29. The number of aromatic nitrogens is 2. The number of benzene rings is 2. The van der Waals surface area contributed by atoms with Crippen molar-refractivity contribution >= 4 is 23.8 Å². The second-order valence-electron chi connectivity index (χ2n) is 8.30. The van der Waals surface area contributed by atoms with Gasteiger partial charge in [0.1, 0.15) is 12.2 Å². The first-order valence-corrected chi connectivity index (χ1v) is 11.0. The number of aliphatic carboxylic acids is 1. The third-order valence-electron chi connectivity index (χ3n) is 5.92. The Kier molecular flexibility index (Phi) is 6.62. The van der Waals surface area contributed by atoms with Crippen LogP contribution in [0.4, 0.5) is 10.6 Å². The summed E-state index contributed by atoms with van der Waals surface area (Å²) in [6, 6.07) is 16.1. The third-order valence-corrected chi connectivity index (χ3v) is 5.92. The van der Waals surface area contributed by atoms with Gasteiger partial charge in [0.2, 0.25) is 0 Å². The van der Waals surface area contributed by atoms with Gasteiger partial charge in [-0.05, 0) is 28.7 Å². The molecule has 9 heteroatoms. The number of aryl methyl sites for hydroxylation is 1. The minimum absolute atomic E-state index is 0.0727. The summed E-state index contributed by atoms with van der Waals surface area (Å²) >= 11 is 0. The lowest BCUT2D eigenvalue weighted by molar-refractivity contribution is -0.141. The van der Waals surface area contributed by atoms with Crippen molar-refractivity contribution < 1.29 is 24.2 Å². The standard InChI is InChI=1S/C25H26N4O5/c1-15(24(31)32)11-12-26-23(30)20-13-29(2)28-22(20)27-25(33)34-14-21-18-9-5-3-7-16(18)17-8-4-6-10-19(17)21/h3-10,13,15,21H,11-12,14H2,1-2H3,(H,26,30)(H,31,32)(H,27,28,33). The van der Waals surface area contributed by atoms with Gasteiger partial charge in [-0.1, -0.05) is 55.5 Å². The molecule has 1 aromatic heterocycles. The molecule has 9 nitrogen and oxygen atoms in total. The number of amides is 2. The van der Waals surface area contributed by atoms with Crippen LogP contribution < -0.4 is 10.6 Å². The summed E-state index contributed by atoms with van der Waals surface area (Å²) in [4.78, 5) is 36.1. The number of anilines is 1. The van der Waals surface area contributed by atoms with Gasteiger partial charge in [0.15, 0.2) is 5.82 Å². The van der Waals surface area contributed by atoms with Gasteiger partial charge in [0.05, 0.1) is 5.92 Å². The molecule has 4 rings (SSSR count). The number of carbonyl (C=O) groups excluding carboxylic acids is 2. The number of carboxylic acids is 1. The maximum atomic E-state index is 12.6. The average molecular weight is 463 g/mol. The van der Waals surface area contributed by atoms with Crippen molar-refractivity contribution in [3.63, 3.8) is 0 Å². The van der Waals surface area contributed by atoms with Gasteiger partial charge in [-0.2, -0.15) is 5.10 Å². The van der Waals surface area contributed by atoms with Gasteiger partial charge < -0.3 is 15.2 Å². The molecule has 0 saturated heterocycles. The van der Waals surface area contributed by atoms with Gasteiger partial charge in [-0.3, -0.25) is 19.6 Å². The predicted molar refractivity (Wildman–Crippen MR) is 126 cm³/mol. The number of ether oxygens (including phenoxy) is 1. The molecule has 3 aromatic rings. The van der Waals surface area contributed by atoms with Gasteiger partial charge in [0.25, 0.3) is 5.91 Å². The van der Waals surface area contributed by atoms with Crippen LogP contribution in [0.25, 0.3) is 11.1 Å². The van der Waals surface area contributed by atoms with Gasteiger partial charge in [0, 0.05) is 25.7 Å². The fraction of sp³-hybridized carbons (Fsp3) is 0.280. The molecule has 0 saturated carbocycles. The van der Waals surface area contributed by atoms with E-state index in [2.05, 4.69) is 27.9 Å². The van der Waals surface area contributed by atoms with Crippen LogP contribution in [0.15, 0.2) is 54.7 Å². The Labute approximate surface area is 196 Å². The highest BCUT2D eigenvalue weighted by atomic mass is 16.5. The van der Waals surface area contributed by atoms with Crippen molar-refractivity contribution in [2.24, 2.45) is 13.0 Å². The van der Waals surface area contributed by atoms with Crippen LogP contribution in [-0.4, -0.2) is 46.0 Å². The largest absolute Gasteiger partial charge is 0.481 e. The molecule has 1 atom stereocenters. The number of carbonyl (C=O) groups is 3. The molecule has 1 aliphatic carbocycles. The normalized spacial score (nSPS) is 13.0. The molecule has 0 spiro atoms. The van der Waals surface area contributed by atoms with Crippen LogP contribution in [0.2, 0.25) is 0 Å². The fourth-order valence-electron chi connectivity index (χ4n) is 4.10. The number of hydrogen-bond donors (Lipinski definition) is 3. The first kappa shape index (κ1) is 23.0. The first-order chi connectivity index (χ1) is 16.3. The minimum Gasteiger partial charge on any atom is -0.481 e. The Morgan fingerprint density at radius 3 is 2.32 bits per heavy atom. The lowest BCUT2D eigenvalue weighted by Crippen LogP contribution is -2.28. The zero-order valence-corrected chi connectivity index (χ0v) is 18.9. The SMILES string of the molecule is CC(CCNC(=O)c1cn(C)nc1NC(=O)OCC1c2ccccc2-c2ccccc21)C(=O)O. The summed E-state index contributed by atoms with van der Waals surface area (Å²) in [7, 11) is 1.63. The summed E-state index contributed by atoms with van der Waals surface area (Å²) in [5, 5.41) is 18.3. The van der Waals surface area contributed by atoms with Crippen molar-refractivity contribution in [2.75, 3.05) is 18.5 Å². The summed E-state index contributed by atoms with van der Waals surface area (Å²) in [6.07, 6.45) is 1.06. The van der Waals surface area contributed by atoms with E-state index in [0.29, 0.717) is 0 Å². The molecule has 0 bridgehead atoms. The summed E-state index contributed by atoms with van der Waals surface area (Å²) in [6.45, 7) is 1.90. The lowest BCUT2D eigenvalue weighted by atomic mass is 9.98. The van der Waals surface area contributed by atoms with E-state index in [9.17, 15) is 14.4 Å². The molecule has 1 unspecified atom stereocenters. The van der Waals surface area contributed by atoms with Crippen molar-refractivity contribution in [2.45, 2.75) is 19.3 Å². The first-order valence-electron chi connectivity index (χ1n) is 11.0. The van der Waals surface area contributed by atoms with Crippen molar-refractivity contribution in [1.82, 2.24) is 15.1 Å². The maximum absolute atomic E-state index is 12.6. The highest BCUT2D eigenvalue weighted by molar-refractivity contribution is 6.01. The van der Waals surface area contributed by atoms with Crippen LogP contribution in [0, 0.1) is 5.92 Å². The fourth-order valence-corrected chi connectivity index (χ4v) is 4.10. The Morgan fingerprint density at radius 2 is 1.71 bits per heavy atom. The maximum Gasteiger partial charge on any atom is 0.412 e. The van der Waals surface area contributed by atoms with E-state index in [-0.39, 0.29) is 36.9 Å². The Hall–Kier alpha value is -4.14. The third kappa shape index (κ3) is 4.78. The smallest absolute Gasteiger partial charge is 0.412 e. The van der Waals surface area contributed by atoms with Gasteiger partial charge in [-0.25, -0.2) is 4.79 Å². The monoisotopic (exact) mass is 462 g/mol. The summed E-state index contributed by atoms with van der Waals surface area (Å²) in [5.74, 6) is -1.97. The molecule has 0 aliphatic heterocycles. The molecular formula is C25H26N4O5. The van der Waals surface area contributed by atoms with Crippen LogP contribution in [0.5, 0.6) is 0 Å². The van der Waals surface area contributed by atoms with E-state index in [0.717, 1.165) is 22.3 Å². The number of fused-ring (bicyclic) bond motifs is 3. The van der Waals surface area contributed by atoms with Crippen molar-refractivity contribution in [3.05, 3.63) is 71.4 Å². The molecule has 0 fully saturated rings. The Bertz CT molecular complexity index is 1190. The molecule has 176 valence electrons. The van der Waals surface area contributed by atoms with E-state index < -0.39 is 23.9 Å². The van der Waals surface area contributed by atoms with E-state index >= 15 is 0 Å². The Balaban J connectivity index is 1.39. The van der Waals surface area contributed by atoms with Crippen molar-refractivity contribution in [3.8, 4) is 11.1 Å². The zero-order valence-electron chi connectivity index (χ0n) is 18.9. The number of rotatable bonds is 8. The van der Waals surface area contributed by atoms with Crippen LogP contribution in [-0.2, 0) is 16.6 Å². The van der Waals surface area contributed by atoms with E-state index in [4.69, 9.17) is 9.84 Å². The number of carboxylic acid groups (broad SMARTS) is 1. The zero-order chi connectivity index (χ0) is 24.2. The van der Waals surface area contributed by atoms with Crippen molar-refractivity contribution in [1.29, 1.82) is 0 Å². The number of nitrogens with zero attached hydrogens (tertiary/aromatic N) is 2. The summed E-state index contributed by atoms with van der Waals surface area (Å²) in [5.41, 5.74) is 4.63. The second-order valence-corrected chi connectivity index (χ2v) is 8.30. The molecule has 1 heterocycles. The van der Waals surface area contributed by atoms with Crippen LogP contribution in [0.1, 0.15) is 40.7 Å². The van der Waals surface area contributed by atoms with E-state index in [1.807, 2.05) is 36.4 Å². The molecule has 2 aromatic carbocycles. The predicted octanol–water partition coefficient (Wildman–Crippen LogP) is 3.62. The lowest BCUT2D eigenvalue weighted by Gasteiger charge is -2.14. The van der Waals surface area contributed by atoms with E-state index in [1.165, 1.54) is 10.9 Å². The molecule has 2 amide bonds. The van der Waals surface area contributed by atoms with Gasteiger partial charge in [-0.15, -0.1) is 0 Å². The summed E-state index contributed by atoms with van der Waals surface area (Å²) < 4.78 is 6.94. The number of nitrogens with one attached hydrogen (secondary N) is 2. The van der Waals surface area contributed by atoms with Crippen LogP contribution in [0.3, 0.4) is 0 Å². The average Bonchev–Trinajstić information content (AvgIpc) is 3.34. The molecule has 3 N–H and O–H groups in total.